The quantitative estimate of drug-likeness (QED) is 0.451. The van der Waals surface area contributed by atoms with Gasteiger partial charge in [-0.1, -0.05) is 6.07 Å². The van der Waals surface area contributed by atoms with Crippen molar-refractivity contribution in [1.29, 1.82) is 0 Å². The second-order valence-electron chi connectivity index (χ2n) is 3.21. The number of amides is 1. The second kappa shape index (κ2) is 5.12. The molecule has 17 heavy (non-hydrogen) atoms. The molecular formula is C9H10N2O6. The van der Waals surface area contributed by atoms with Crippen molar-refractivity contribution in [3.8, 4) is 5.75 Å². The molecule has 0 radical (unpaired) electrons. The molecule has 0 aromatic heterocycles. The molecule has 0 bridgehead atoms. The lowest BCUT2D eigenvalue weighted by Gasteiger charge is -2.10. The maximum atomic E-state index is 10.5. The number of phenols is 1. The third-order valence-electron chi connectivity index (χ3n) is 2.03. The first-order valence-corrected chi connectivity index (χ1v) is 4.54. The Balaban J connectivity index is 2.87. The van der Waals surface area contributed by atoms with E-state index in [-0.39, 0.29) is 12.1 Å². The fourth-order valence-corrected chi connectivity index (χ4v) is 1.20. The minimum Gasteiger partial charge on any atom is -0.502 e. The van der Waals surface area contributed by atoms with Gasteiger partial charge in [0, 0.05) is 6.07 Å². The van der Waals surface area contributed by atoms with E-state index in [2.05, 4.69) is 0 Å². The predicted molar refractivity (Wildman–Crippen MR) is 55.7 cm³/mol. The minimum absolute atomic E-state index is 0.142. The van der Waals surface area contributed by atoms with Gasteiger partial charge in [-0.3, -0.25) is 10.1 Å². The van der Waals surface area contributed by atoms with Crippen molar-refractivity contribution in [2.45, 2.75) is 6.10 Å². The Morgan fingerprint density at radius 2 is 2.18 bits per heavy atom. The summed E-state index contributed by atoms with van der Waals surface area (Å²) in [6.45, 7) is -0.294. The molecule has 1 amide bonds. The van der Waals surface area contributed by atoms with E-state index in [1.54, 1.807) is 0 Å². The van der Waals surface area contributed by atoms with Crippen LogP contribution in [0.4, 0.5) is 10.5 Å². The highest BCUT2D eigenvalue weighted by Crippen LogP contribution is 2.28. The number of aromatic hydroxyl groups is 1. The Morgan fingerprint density at radius 3 is 2.71 bits per heavy atom. The molecule has 0 heterocycles. The maximum Gasteiger partial charge on any atom is 0.404 e. The largest absolute Gasteiger partial charge is 0.502 e. The van der Waals surface area contributed by atoms with Gasteiger partial charge in [-0.2, -0.15) is 0 Å². The lowest BCUT2D eigenvalue weighted by atomic mass is 10.1. The number of aliphatic hydroxyl groups is 1. The molecule has 0 fully saturated rings. The molecule has 1 aromatic carbocycles. The first kappa shape index (κ1) is 12.7. The van der Waals surface area contributed by atoms with Crippen molar-refractivity contribution >= 4 is 11.8 Å². The number of nitro groups is 1. The molecule has 0 aliphatic rings. The highest BCUT2D eigenvalue weighted by atomic mass is 16.6. The Hall–Kier alpha value is -2.35. The third kappa shape index (κ3) is 3.31. The normalized spacial score (nSPS) is 11.8. The van der Waals surface area contributed by atoms with Gasteiger partial charge in [0.1, 0.15) is 0 Å². The van der Waals surface area contributed by atoms with Gasteiger partial charge in [-0.25, -0.2) is 4.79 Å². The SMILES string of the molecule is O=C(O)NCC(O)c1ccc(O)c([N+](=O)[O-])c1. The summed E-state index contributed by atoms with van der Waals surface area (Å²) >= 11 is 0. The zero-order valence-electron chi connectivity index (χ0n) is 8.53. The number of rotatable bonds is 4. The van der Waals surface area contributed by atoms with Crippen LogP contribution < -0.4 is 5.32 Å². The lowest BCUT2D eigenvalue weighted by molar-refractivity contribution is -0.386. The summed E-state index contributed by atoms with van der Waals surface area (Å²) in [5, 5.41) is 39.5. The number of nitro benzene ring substituents is 1. The van der Waals surface area contributed by atoms with Crippen LogP contribution >= 0.6 is 0 Å². The van der Waals surface area contributed by atoms with Crippen molar-refractivity contribution in [1.82, 2.24) is 5.32 Å². The highest BCUT2D eigenvalue weighted by molar-refractivity contribution is 5.64. The molecule has 1 rings (SSSR count). The van der Waals surface area contributed by atoms with E-state index < -0.39 is 28.6 Å². The summed E-state index contributed by atoms with van der Waals surface area (Å²) in [4.78, 5) is 19.9. The molecular weight excluding hydrogens is 232 g/mol. The van der Waals surface area contributed by atoms with Gasteiger partial charge < -0.3 is 20.6 Å². The van der Waals surface area contributed by atoms with E-state index in [1.807, 2.05) is 5.32 Å². The average Bonchev–Trinajstić information content (AvgIpc) is 2.26. The Kier molecular flexibility index (Phi) is 3.83. The van der Waals surface area contributed by atoms with E-state index in [0.717, 1.165) is 12.1 Å². The van der Waals surface area contributed by atoms with Gasteiger partial charge in [0.2, 0.25) is 0 Å². The van der Waals surface area contributed by atoms with Crippen molar-refractivity contribution in [2.75, 3.05) is 6.54 Å². The van der Waals surface area contributed by atoms with E-state index >= 15 is 0 Å². The smallest absolute Gasteiger partial charge is 0.404 e. The number of nitrogens with one attached hydrogen (secondary N) is 1. The summed E-state index contributed by atoms with van der Waals surface area (Å²) in [6, 6.07) is 3.33. The monoisotopic (exact) mass is 242 g/mol. The molecule has 0 spiro atoms. The number of hydrogen-bond acceptors (Lipinski definition) is 5. The summed E-state index contributed by atoms with van der Waals surface area (Å²) in [7, 11) is 0. The number of benzene rings is 1. The molecule has 0 aliphatic carbocycles. The number of nitrogens with zero attached hydrogens (tertiary/aromatic N) is 1. The fraction of sp³-hybridized carbons (Fsp3) is 0.222. The van der Waals surface area contributed by atoms with Crippen molar-refractivity contribution in [2.24, 2.45) is 0 Å². The van der Waals surface area contributed by atoms with Crippen LogP contribution in [0.1, 0.15) is 11.7 Å². The average molecular weight is 242 g/mol. The summed E-state index contributed by atoms with van der Waals surface area (Å²) < 4.78 is 0. The van der Waals surface area contributed by atoms with Crippen molar-refractivity contribution < 1.29 is 25.0 Å². The number of carbonyl (C=O) groups is 1. The Morgan fingerprint density at radius 1 is 1.53 bits per heavy atom. The molecule has 0 saturated carbocycles. The molecule has 8 nitrogen and oxygen atoms in total. The molecule has 1 aromatic rings. The molecule has 1 atom stereocenters. The van der Waals surface area contributed by atoms with Crippen LogP contribution in [0.25, 0.3) is 0 Å². The molecule has 0 aliphatic heterocycles. The fourth-order valence-electron chi connectivity index (χ4n) is 1.20. The van der Waals surface area contributed by atoms with Gasteiger partial charge >= 0.3 is 11.8 Å². The maximum absolute atomic E-state index is 10.5. The second-order valence-corrected chi connectivity index (χ2v) is 3.21. The Labute approximate surface area is 95.3 Å². The predicted octanol–water partition coefficient (Wildman–Crippen LogP) is 0.601. The number of carboxylic acid groups (broad SMARTS) is 1. The summed E-state index contributed by atoms with van der Waals surface area (Å²) in [5.41, 5.74) is -0.403. The standard InChI is InChI=1S/C9H10N2O6/c12-7-2-1-5(3-6(7)11(16)17)8(13)4-10-9(14)15/h1-3,8,10,12-13H,4H2,(H,14,15). The van der Waals surface area contributed by atoms with Crippen molar-refractivity contribution in [3.05, 3.63) is 33.9 Å². The lowest BCUT2D eigenvalue weighted by Crippen LogP contribution is -2.26. The van der Waals surface area contributed by atoms with Crippen LogP contribution in [-0.4, -0.2) is 32.9 Å². The highest BCUT2D eigenvalue weighted by Gasteiger charge is 2.17. The third-order valence-corrected chi connectivity index (χ3v) is 2.03. The zero-order chi connectivity index (χ0) is 13.0. The van der Waals surface area contributed by atoms with E-state index in [1.165, 1.54) is 6.07 Å². The van der Waals surface area contributed by atoms with Crippen molar-refractivity contribution in [3.63, 3.8) is 0 Å². The number of hydrogen-bond donors (Lipinski definition) is 4. The van der Waals surface area contributed by atoms with Crippen LogP contribution in [0.2, 0.25) is 0 Å². The number of phenolic OH excluding ortho intramolecular Hbond substituents is 1. The van der Waals surface area contributed by atoms with Crippen LogP contribution in [0.15, 0.2) is 18.2 Å². The molecule has 0 saturated heterocycles. The molecule has 4 N–H and O–H groups in total. The minimum atomic E-state index is -1.31. The van der Waals surface area contributed by atoms with Crippen LogP contribution in [0.5, 0.6) is 5.75 Å². The van der Waals surface area contributed by atoms with E-state index in [0.29, 0.717) is 0 Å². The topological polar surface area (TPSA) is 133 Å². The zero-order valence-corrected chi connectivity index (χ0v) is 8.53. The summed E-state index contributed by atoms with van der Waals surface area (Å²) in [5.74, 6) is -0.517. The summed E-state index contributed by atoms with van der Waals surface area (Å²) in [6.07, 6.45) is -2.53. The first-order valence-electron chi connectivity index (χ1n) is 4.54. The van der Waals surface area contributed by atoms with E-state index in [4.69, 9.17) is 5.11 Å². The molecule has 92 valence electrons. The van der Waals surface area contributed by atoms with Crippen LogP contribution in [0.3, 0.4) is 0 Å². The molecule has 1 unspecified atom stereocenters. The Bertz CT molecular complexity index is 447. The number of aliphatic hydroxyl groups excluding tert-OH is 1. The van der Waals surface area contributed by atoms with Gasteiger partial charge in [-0.15, -0.1) is 0 Å². The first-order chi connectivity index (χ1) is 7.91. The van der Waals surface area contributed by atoms with Gasteiger partial charge in [-0.05, 0) is 11.6 Å². The van der Waals surface area contributed by atoms with Crippen LogP contribution in [0, 0.1) is 10.1 Å². The van der Waals surface area contributed by atoms with Gasteiger partial charge in [0.25, 0.3) is 0 Å². The van der Waals surface area contributed by atoms with Gasteiger partial charge in [0.15, 0.2) is 5.75 Å². The van der Waals surface area contributed by atoms with Gasteiger partial charge in [0.05, 0.1) is 17.6 Å². The van der Waals surface area contributed by atoms with Crippen LogP contribution in [-0.2, 0) is 0 Å². The van der Waals surface area contributed by atoms with E-state index in [9.17, 15) is 25.1 Å². The molecule has 8 heteroatoms.